The first-order chi connectivity index (χ1) is 7.33. The summed E-state index contributed by atoms with van der Waals surface area (Å²) >= 11 is 0. The van der Waals surface area contributed by atoms with Crippen LogP contribution in [0.2, 0.25) is 0 Å². The van der Waals surface area contributed by atoms with Crippen LogP contribution in [0.5, 0.6) is 0 Å². The van der Waals surface area contributed by atoms with Crippen molar-refractivity contribution in [2.45, 2.75) is 32.2 Å². The van der Waals surface area contributed by atoms with E-state index in [1.807, 2.05) is 0 Å². The molecule has 82 valence electrons. The number of nitrogens with one attached hydrogen (secondary N) is 1. The third-order valence-corrected chi connectivity index (χ3v) is 2.79. The number of aromatic nitrogens is 1. The zero-order valence-corrected chi connectivity index (χ0v) is 9.04. The van der Waals surface area contributed by atoms with Gasteiger partial charge in [0.25, 0.3) is 0 Å². The lowest BCUT2D eigenvalue weighted by atomic mass is 10.1. The highest BCUT2D eigenvalue weighted by Crippen LogP contribution is 2.40. The van der Waals surface area contributed by atoms with Gasteiger partial charge in [-0.2, -0.15) is 0 Å². The van der Waals surface area contributed by atoms with Crippen molar-refractivity contribution in [1.29, 1.82) is 0 Å². The molecule has 0 aliphatic heterocycles. The Hall–Kier alpha value is -0.960. The van der Waals surface area contributed by atoms with Gasteiger partial charge in [0, 0.05) is 6.20 Å². The summed E-state index contributed by atoms with van der Waals surface area (Å²) in [7, 11) is 0. The lowest BCUT2D eigenvalue weighted by molar-refractivity contribution is 0.445. The van der Waals surface area contributed by atoms with Gasteiger partial charge in [0.15, 0.2) is 0 Å². The van der Waals surface area contributed by atoms with Crippen LogP contribution in [0.3, 0.4) is 0 Å². The molecule has 2 rings (SSSR count). The average molecular weight is 208 g/mol. The number of pyridine rings is 1. The minimum atomic E-state index is -0.182. The third-order valence-electron chi connectivity index (χ3n) is 2.79. The lowest BCUT2D eigenvalue weighted by Crippen LogP contribution is -2.25. The average Bonchev–Trinajstić information content (AvgIpc) is 3.05. The second kappa shape index (κ2) is 4.71. The first-order valence-corrected chi connectivity index (χ1v) is 5.66. The Bertz CT molecular complexity index is 323. The molecule has 15 heavy (non-hydrogen) atoms. The van der Waals surface area contributed by atoms with Crippen molar-refractivity contribution in [3.63, 3.8) is 0 Å². The van der Waals surface area contributed by atoms with Gasteiger partial charge in [-0.05, 0) is 43.9 Å². The predicted octanol–water partition coefficient (Wildman–Crippen LogP) is 2.67. The van der Waals surface area contributed by atoms with E-state index in [4.69, 9.17) is 0 Å². The van der Waals surface area contributed by atoms with Crippen LogP contribution in [0.1, 0.15) is 37.9 Å². The second-order valence-corrected chi connectivity index (χ2v) is 4.14. The largest absolute Gasteiger partial charge is 0.308 e. The van der Waals surface area contributed by atoms with Gasteiger partial charge in [0.2, 0.25) is 0 Å². The van der Waals surface area contributed by atoms with Gasteiger partial charge in [-0.1, -0.05) is 6.92 Å². The van der Waals surface area contributed by atoms with Crippen molar-refractivity contribution in [2.75, 3.05) is 6.54 Å². The Morgan fingerprint density at radius 2 is 2.40 bits per heavy atom. The van der Waals surface area contributed by atoms with Crippen molar-refractivity contribution in [3.05, 3.63) is 29.8 Å². The third kappa shape index (κ3) is 2.53. The van der Waals surface area contributed by atoms with E-state index in [9.17, 15) is 4.39 Å². The summed E-state index contributed by atoms with van der Waals surface area (Å²) in [5, 5.41) is 3.39. The Labute approximate surface area is 89.9 Å². The van der Waals surface area contributed by atoms with Crippen molar-refractivity contribution >= 4 is 0 Å². The summed E-state index contributed by atoms with van der Waals surface area (Å²) in [6.07, 6.45) is 5.12. The molecule has 1 fully saturated rings. The SMILES string of the molecule is CCCNC(c1ncccc1F)C1CC1. The van der Waals surface area contributed by atoms with E-state index >= 15 is 0 Å². The topological polar surface area (TPSA) is 24.9 Å². The zero-order chi connectivity index (χ0) is 10.7. The zero-order valence-electron chi connectivity index (χ0n) is 9.04. The molecule has 1 aliphatic rings. The van der Waals surface area contributed by atoms with Crippen molar-refractivity contribution in [1.82, 2.24) is 10.3 Å². The van der Waals surface area contributed by atoms with Crippen LogP contribution in [0.4, 0.5) is 4.39 Å². The fourth-order valence-electron chi connectivity index (χ4n) is 1.84. The molecule has 2 nitrogen and oxygen atoms in total. The van der Waals surface area contributed by atoms with Crippen LogP contribution in [0, 0.1) is 11.7 Å². The molecule has 0 saturated heterocycles. The molecule has 1 N–H and O–H groups in total. The summed E-state index contributed by atoms with van der Waals surface area (Å²) in [5.74, 6) is 0.402. The summed E-state index contributed by atoms with van der Waals surface area (Å²) in [4.78, 5) is 4.16. The van der Waals surface area contributed by atoms with Crippen molar-refractivity contribution < 1.29 is 4.39 Å². The highest BCUT2D eigenvalue weighted by Gasteiger charge is 2.34. The standard InChI is InChI=1S/C12H17FN2/c1-2-7-14-11(9-5-6-9)12-10(13)4-3-8-15-12/h3-4,8-9,11,14H,2,5-7H2,1H3. The van der Waals surface area contributed by atoms with Crippen LogP contribution in [0.25, 0.3) is 0 Å². The van der Waals surface area contributed by atoms with E-state index in [0.29, 0.717) is 11.6 Å². The monoisotopic (exact) mass is 208 g/mol. The number of hydrogen-bond acceptors (Lipinski definition) is 2. The first kappa shape index (κ1) is 10.6. The lowest BCUT2D eigenvalue weighted by Gasteiger charge is -2.17. The Kier molecular flexibility index (Phi) is 3.31. The van der Waals surface area contributed by atoms with Gasteiger partial charge < -0.3 is 5.32 Å². The Morgan fingerprint density at radius 3 is 3.00 bits per heavy atom. The number of nitrogens with zero attached hydrogens (tertiary/aromatic N) is 1. The molecule has 1 aromatic rings. The van der Waals surface area contributed by atoms with Crippen LogP contribution in [-0.2, 0) is 0 Å². The molecule has 0 bridgehead atoms. The highest BCUT2D eigenvalue weighted by atomic mass is 19.1. The molecule has 1 aliphatic carbocycles. The molecule has 1 saturated carbocycles. The van der Waals surface area contributed by atoms with Crippen LogP contribution in [0.15, 0.2) is 18.3 Å². The van der Waals surface area contributed by atoms with E-state index in [1.165, 1.54) is 18.9 Å². The molecule has 1 unspecified atom stereocenters. The van der Waals surface area contributed by atoms with Gasteiger partial charge in [-0.25, -0.2) is 4.39 Å². The molecule has 1 heterocycles. The highest BCUT2D eigenvalue weighted by molar-refractivity contribution is 5.14. The fourth-order valence-corrected chi connectivity index (χ4v) is 1.84. The van der Waals surface area contributed by atoms with E-state index in [1.54, 1.807) is 12.3 Å². The van der Waals surface area contributed by atoms with Crippen molar-refractivity contribution in [3.8, 4) is 0 Å². The van der Waals surface area contributed by atoms with Crippen LogP contribution in [-0.4, -0.2) is 11.5 Å². The minimum Gasteiger partial charge on any atom is -0.308 e. The number of hydrogen-bond donors (Lipinski definition) is 1. The molecule has 0 aromatic carbocycles. The number of halogens is 1. The van der Waals surface area contributed by atoms with Gasteiger partial charge >= 0.3 is 0 Å². The maximum Gasteiger partial charge on any atom is 0.146 e. The molecule has 1 aromatic heterocycles. The maximum absolute atomic E-state index is 13.6. The summed E-state index contributed by atoms with van der Waals surface area (Å²) in [5.41, 5.74) is 0.591. The van der Waals surface area contributed by atoms with Crippen molar-refractivity contribution in [2.24, 2.45) is 5.92 Å². The van der Waals surface area contributed by atoms with E-state index < -0.39 is 0 Å². The maximum atomic E-state index is 13.6. The Balaban J connectivity index is 2.13. The molecule has 1 atom stereocenters. The first-order valence-electron chi connectivity index (χ1n) is 5.66. The van der Waals surface area contributed by atoms with Crippen LogP contribution < -0.4 is 5.32 Å². The molecule has 0 amide bonds. The Morgan fingerprint density at radius 1 is 1.60 bits per heavy atom. The molecule has 0 spiro atoms. The van der Waals surface area contributed by atoms with E-state index in [0.717, 1.165) is 13.0 Å². The normalized spacial score (nSPS) is 17.7. The van der Waals surface area contributed by atoms with Gasteiger partial charge in [-0.3, -0.25) is 4.98 Å². The van der Waals surface area contributed by atoms with Gasteiger partial charge in [0.05, 0.1) is 11.7 Å². The second-order valence-electron chi connectivity index (χ2n) is 4.14. The molecule has 0 radical (unpaired) electrons. The van der Waals surface area contributed by atoms with Crippen LogP contribution >= 0.6 is 0 Å². The van der Waals surface area contributed by atoms with E-state index in [2.05, 4.69) is 17.2 Å². The molecule has 3 heteroatoms. The quantitative estimate of drug-likeness (QED) is 0.804. The summed E-state index contributed by atoms with van der Waals surface area (Å²) in [6.45, 7) is 3.04. The van der Waals surface area contributed by atoms with Gasteiger partial charge in [-0.15, -0.1) is 0 Å². The predicted molar refractivity (Wildman–Crippen MR) is 58.0 cm³/mol. The summed E-state index contributed by atoms with van der Waals surface area (Å²) in [6, 6.07) is 3.25. The smallest absolute Gasteiger partial charge is 0.146 e. The molecular weight excluding hydrogens is 191 g/mol. The van der Waals surface area contributed by atoms with Gasteiger partial charge in [0.1, 0.15) is 5.82 Å². The summed E-state index contributed by atoms with van der Waals surface area (Å²) < 4.78 is 13.6. The molecular formula is C12H17FN2. The van der Waals surface area contributed by atoms with E-state index in [-0.39, 0.29) is 11.9 Å². The fraction of sp³-hybridized carbons (Fsp3) is 0.583. The number of rotatable bonds is 5. The minimum absolute atomic E-state index is 0.117.